The van der Waals surface area contributed by atoms with Gasteiger partial charge >= 0.3 is 11.9 Å². The van der Waals surface area contributed by atoms with Gasteiger partial charge in [0, 0.05) is 23.8 Å². The summed E-state index contributed by atoms with van der Waals surface area (Å²) in [4.78, 5) is 25.4. The van der Waals surface area contributed by atoms with Crippen LogP contribution in [0.5, 0.6) is 11.5 Å². The molecular weight excluding hydrogens is 812 g/mol. The summed E-state index contributed by atoms with van der Waals surface area (Å²) in [6.07, 6.45) is 6.51. The number of carbonyl (C=O) groups excluding carboxylic acids is 2. The van der Waals surface area contributed by atoms with Crippen molar-refractivity contribution in [3.8, 4) is 11.5 Å². The van der Waals surface area contributed by atoms with Crippen molar-refractivity contribution in [3.63, 3.8) is 0 Å². The molecular formula is C45H64O17. The maximum Gasteiger partial charge on any atom is 0.331 e. The summed E-state index contributed by atoms with van der Waals surface area (Å²) < 4.78 is 28.2. The van der Waals surface area contributed by atoms with Crippen LogP contribution in [0.4, 0.5) is 0 Å². The van der Waals surface area contributed by atoms with Gasteiger partial charge in [0.15, 0.2) is 12.4 Å². The van der Waals surface area contributed by atoms with Gasteiger partial charge in [0.1, 0.15) is 66.9 Å². The van der Waals surface area contributed by atoms with E-state index in [1.54, 1.807) is 30.4 Å². The summed E-state index contributed by atoms with van der Waals surface area (Å²) in [5.74, 6) is -2.88. The van der Waals surface area contributed by atoms with Gasteiger partial charge in [-0.1, -0.05) is 87.4 Å². The molecule has 17 heteroatoms. The van der Waals surface area contributed by atoms with Gasteiger partial charge in [-0.2, -0.15) is 0 Å². The number of aliphatic hydroxyl groups is 8. The minimum Gasteiger partial charge on any atom is -0.508 e. The van der Waals surface area contributed by atoms with E-state index in [0.717, 1.165) is 50.0 Å². The van der Waals surface area contributed by atoms with Gasteiger partial charge in [-0.15, -0.1) is 0 Å². The topological polar surface area (TPSA) is 283 Å². The molecule has 346 valence electrons. The molecule has 17 nitrogen and oxygen atoms in total. The molecule has 2 aliphatic heterocycles. The minimum atomic E-state index is -1.91. The van der Waals surface area contributed by atoms with Crippen LogP contribution >= 0.6 is 0 Å². The Bertz CT molecular complexity index is 1690. The van der Waals surface area contributed by atoms with Crippen LogP contribution in [0.25, 0.3) is 0 Å². The van der Waals surface area contributed by atoms with Gasteiger partial charge in [0.2, 0.25) is 0 Å². The molecule has 62 heavy (non-hydrogen) atoms. The molecule has 0 radical (unpaired) electrons. The molecule has 0 aliphatic carbocycles. The van der Waals surface area contributed by atoms with Gasteiger partial charge in [0.05, 0.1) is 25.4 Å². The summed E-state index contributed by atoms with van der Waals surface area (Å²) in [7, 11) is 0. The smallest absolute Gasteiger partial charge is 0.331 e. The lowest BCUT2D eigenvalue weighted by Crippen LogP contribution is -2.59. The number of hydrogen-bond donors (Lipinski definition) is 10. The highest BCUT2D eigenvalue weighted by Gasteiger charge is 2.54. The maximum atomic E-state index is 13.2. The van der Waals surface area contributed by atoms with Crippen LogP contribution < -0.4 is 0 Å². The molecule has 3 rings (SSSR count). The van der Waals surface area contributed by atoms with Crippen molar-refractivity contribution in [1.82, 2.24) is 0 Å². The van der Waals surface area contributed by atoms with Crippen LogP contribution in [0.3, 0.4) is 0 Å². The highest BCUT2D eigenvalue weighted by molar-refractivity contribution is 5.82. The Hall–Kier alpha value is -4.24. The van der Waals surface area contributed by atoms with Crippen LogP contribution in [-0.4, -0.2) is 144 Å². The number of aromatic hydroxyl groups is 2. The molecule has 10 N–H and O–H groups in total. The monoisotopic (exact) mass is 876 g/mol. The summed E-state index contributed by atoms with van der Waals surface area (Å²) in [6, 6.07) is 2.04. The largest absolute Gasteiger partial charge is 0.508 e. The lowest BCUT2D eigenvalue weighted by atomic mass is 9.88. The van der Waals surface area contributed by atoms with E-state index in [2.05, 4.69) is 6.92 Å². The Morgan fingerprint density at radius 1 is 0.806 bits per heavy atom. The van der Waals surface area contributed by atoms with E-state index < -0.39 is 117 Å². The van der Waals surface area contributed by atoms with Crippen molar-refractivity contribution in [2.24, 2.45) is 0 Å². The molecule has 0 saturated carbocycles. The lowest BCUT2D eigenvalue weighted by Gasteiger charge is -2.44. The second-order valence-electron chi connectivity index (χ2n) is 14.9. The molecule has 0 bridgehead atoms. The summed E-state index contributed by atoms with van der Waals surface area (Å²) in [6.45, 7) is 1.73. The normalized spacial score (nSPS) is 27.4. The van der Waals surface area contributed by atoms with E-state index in [4.69, 9.17) is 23.7 Å². The fourth-order valence-electron chi connectivity index (χ4n) is 6.68. The van der Waals surface area contributed by atoms with E-state index in [-0.39, 0.29) is 17.5 Å². The SMILES string of the molecule is CCCCC/C=C/C=C/[C@H](O)C/C=C/C=C/C(=O)O[C@@H]1[C@@H](O)[C@H](c2c(O)cc(O)cc2CO)O[C@H](CO)[C@H]1O[C@@H]1O[C@@H]([C@H](O)COC(=O)/C=C/C=C\CC[C@@H](O)CC)[C@H](O)[C@H]1O. The third-order valence-electron chi connectivity index (χ3n) is 10.1. The molecule has 0 unspecified atom stereocenters. The fourth-order valence-corrected chi connectivity index (χ4v) is 6.68. The zero-order valence-electron chi connectivity index (χ0n) is 35.1. The maximum absolute atomic E-state index is 13.2. The van der Waals surface area contributed by atoms with Gasteiger partial charge < -0.3 is 74.7 Å². The van der Waals surface area contributed by atoms with E-state index >= 15 is 0 Å². The van der Waals surface area contributed by atoms with E-state index in [1.165, 1.54) is 18.2 Å². The number of unbranched alkanes of at least 4 members (excludes halogenated alkanes) is 3. The first-order valence-corrected chi connectivity index (χ1v) is 20.9. The molecule has 1 aromatic carbocycles. The third kappa shape index (κ3) is 16.5. The molecule has 0 aromatic heterocycles. The number of esters is 2. The van der Waals surface area contributed by atoms with Crippen molar-refractivity contribution in [2.75, 3.05) is 13.2 Å². The number of phenolic OH excluding ortho intramolecular Hbond substituents is 2. The van der Waals surface area contributed by atoms with Gasteiger partial charge in [0.25, 0.3) is 0 Å². The quantitative estimate of drug-likeness (QED) is 0.0292. The number of benzene rings is 1. The Balaban J connectivity index is 1.74. The first kappa shape index (κ1) is 52.1. The van der Waals surface area contributed by atoms with Crippen molar-refractivity contribution in [1.29, 1.82) is 0 Å². The lowest BCUT2D eigenvalue weighted by molar-refractivity contribution is -0.294. The molecule has 2 aliphatic rings. The average molecular weight is 877 g/mol. The third-order valence-corrected chi connectivity index (χ3v) is 10.1. The Morgan fingerprint density at radius 3 is 2.19 bits per heavy atom. The van der Waals surface area contributed by atoms with Crippen molar-refractivity contribution >= 4 is 11.9 Å². The highest BCUT2D eigenvalue weighted by Crippen LogP contribution is 2.42. The van der Waals surface area contributed by atoms with Crippen LogP contribution in [0, 0.1) is 0 Å². The van der Waals surface area contributed by atoms with E-state index in [1.807, 2.05) is 19.1 Å². The number of ether oxygens (including phenoxy) is 5. The van der Waals surface area contributed by atoms with Crippen LogP contribution in [0.15, 0.2) is 85.0 Å². The Labute approximate surface area is 361 Å². The fraction of sp³-hybridized carbons (Fsp3) is 0.556. The zero-order chi connectivity index (χ0) is 45.6. The van der Waals surface area contributed by atoms with E-state index in [0.29, 0.717) is 19.3 Å². The van der Waals surface area contributed by atoms with Crippen LogP contribution in [-0.2, 0) is 39.9 Å². The molecule has 2 fully saturated rings. The molecule has 12 atom stereocenters. The van der Waals surface area contributed by atoms with Crippen molar-refractivity contribution in [2.45, 2.75) is 145 Å². The van der Waals surface area contributed by atoms with Crippen molar-refractivity contribution < 1.29 is 84.3 Å². The molecule has 1 aromatic rings. The number of aliphatic hydroxyl groups excluding tert-OH is 8. The van der Waals surface area contributed by atoms with Gasteiger partial charge in [-0.05, 0) is 50.2 Å². The van der Waals surface area contributed by atoms with E-state index in [9.17, 15) is 60.7 Å². The summed E-state index contributed by atoms with van der Waals surface area (Å²) in [5.41, 5.74) is -0.264. The second-order valence-corrected chi connectivity index (χ2v) is 14.9. The molecule has 2 heterocycles. The average Bonchev–Trinajstić information content (AvgIpc) is 3.53. The molecule has 0 amide bonds. The predicted octanol–water partition coefficient (Wildman–Crippen LogP) is 2.25. The Morgan fingerprint density at radius 2 is 1.50 bits per heavy atom. The van der Waals surface area contributed by atoms with Crippen LogP contribution in [0.2, 0.25) is 0 Å². The van der Waals surface area contributed by atoms with Gasteiger partial charge in [-0.25, -0.2) is 9.59 Å². The number of allylic oxidation sites excluding steroid dienone is 8. The van der Waals surface area contributed by atoms with Crippen LogP contribution in [0.1, 0.15) is 82.4 Å². The summed E-state index contributed by atoms with van der Waals surface area (Å²) >= 11 is 0. The first-order chi connectivity index (χ1) is 29.8. The second kappa shape index (κ2) is 27.7. The number of carbonyl (C=O) groups is 2. The van der Waals surface area contributed by atoms with Crippen molar-refractivity contribution in [3.05, 3.63) is 96.2 Å². The summed E-state index contributed by atoms with van der Waals surface area (Å²) in [5, 5.41) is 105. The highest BCUT2D eigenvalue weighted by atomic mass is 16.7. The zero-order valence-corrected chi connectivity index (χ0v) is 35.1. The standard InChI is InChI=1S/C45H64O17/c1-3-5-6-7-8-9-14-19-30(49)20-15-12-17-22-36(54)60-44-40(57)43(37-28(25-46)23-31(50)24-32(37)51)59-34(26-47)42(44)62-45-39(56)38(55)41(61-45)33(52)27-58-35(53)21-16-11-10-13-18-29(48)4-2/h8-12,14-17,19,21-24,29-30,33-34,38-52,55-57H,3-7,13,18,20,25-27H2,1-2H3/b9-8+,11-10-,15-12+,19-14+,21-16+,22-17+/t29-,30-,33+,34+,38+,39+,40-,41-,42+,43-,44+,45-/m0/s1. The number of hydrogen-bond acceptors (Lipinski definition) is 17. The molecule has 2 saturated heterocycles. The number of rotatable bonds is 25. The Kier molecular flexibility index (Phi) is 23.3. The molecule has 0 spiro atoms. The minimum absolute atomic E-state index is 0.0666. The first-order valence-electron chi connectivity index (χ1n) is 20.9. The predicted molar refractivity (Wildman–Crippen MR) is 224 cm³/mol. The number of phenols is 2. The van der Waals surface area contributed by atoms with Gasteiger partial charge in [-0.3, -0.25) is 0 Å².